The minimum absolute atomic E-state index is 0.0800. The van der Waals surface area contributed by atoms with Gasteiger partial charge in [-0.2, -0.15) is 13.2 Å². The molecule has 30 heavy (non-hydrogen) atoms. The first-order valence-electron chi connectivity index (χ1n) is 9.07. The lowest BCUT2D eigenvalue weighted by Crippen LogP contribution is -2.26. The Balaban J connectivity index is 1.33. The van der Waals surface area contributed by atoms with Crippen molar-refractivity contribution in [3.8, 4) is 11.5 Å². The van der Waals surface area contributed by atoms with E-state index in [0.717, 1.165) is 11.6 Å². The molecule has 1 aliphatic rings. The number of hydrogen-bond donors (Lipinski definition) is 1. The van der Waals surface area contributed by atoms with Crippen molar-refractivity contribution in [1.82, 2.24) is 19.9 Å². The fraction of sp³-hybridized carbons (Fsp3) is 0.316. The van der Waals surface area contributed by atoms with Crippen molar-refractivity contribution in [2.24, 2.45) is 0 Å². The molecule has 1 N–H and O–H groups in total. The average Bonchev–Trinajstić information content (AvgIpc) is 3.31. The number of nitrogens with zero attached hydrogens (tertiary/aromatic N) is 3. The third-order valence-corrected chi connectivity index (χ3v) is 4.80. The maximum Gasteiger partial charge on any atom is 0.420 e. The first-order chi connectivity index (χ1) is 14.3. The molecular weight excluding hydrogens is 425 g/mol. The normalized spacial score (nSPS) is 13.1. The molecule has 0 saturated carbocycles. The van der Waals surface area contributed by atoms with E-state index in [1.54, 1.807) is 6.07 Å². The van der Waals surface area contributed by atoms with Crippen molar-refractivity contribution in [3.05, 3.63) is 52.4 Å². The molecule has 0 atom stereocenters. The van der Waals surface area contributed by atoms with Gasteiger partial charge in [0, 0.05) is 25.6 Å². The lowest BCUT2D eigenvalue weighted by molar-refractivity contribution is -0.136. The van der Waals surface area contributed by atoms with Crippen LogP contribution in [0, 0.1) is 0 Å². The second-order valence-corrected chi connectivity index (χ2v) is 7.10. The molecule has 0 spiro atoms. The highest BCUT2D eigenvalue weighted by Gasteiger charge is 2.35. The summed E-state index contributed by atoms with van der Waals surface area (Å²) in [5.74, 6) is 1.42. The molecule has 1 amide bonds. The van der Waals surface area contributed by atoms with E-state index < -0.39 is 11.7 Å². The molecule has 2 aromatic heterocycles. The Morgan fingerprint density at radius 1 is 1.17 bits per heavy atom. The number of carbonyl (C=O) groups is 1. The van der Waals surface area contributed by atoms with Crippen molar-refractivity contribution < 1.29 is 27.4 Å². The first-order valence-corrected chi connectivity index (χ1v) is 9.44. The summed E-state index contributed by atoms with van der Waals surface area (Å²) in [4.78, 5) is 12.1. The van der Waals surface area contributed by atoms with Gasteiger partial charge in [0.2, 0.25) is 12.7 Å². The molecule has 11 heteroatoms. The standard InChI is InChI=1S/C19H16ClF3N4O3/c20-12-8-13(19(21,22)23)18-26-25-16(27(18)9-12)5-6-24-17(28)4-2-11-1-3-14-15(7-11)30-10-29-14/h1,3,7-9H,2,4-6,10H2,(H,24,28). The van der Waals surface area contributed by atoms with Crippen molar-refractivity contribution >= 4 is 23.2 Å². The Labute approximate surface area is 173 Å². The number of aromatic nitrogens is 3. The second kappa shape index (κ2) is 8.02. The summed E-state index contributed by atoms with van der Waals surface area (Å²) in [6.07, 6.45) is -2.30. The van der Waals surface area contributed by atoms with Gasteiger partial charge in [0.15, 0.2) is 17.1 Å². The van der Waals surface area contributed by atoms with Crippen molar-refractivity contribution in [2.45, 2.75) is 25.4 Å². The predicted octanol–water partition coefficient (Wildman–Crippen LogP) is 3.42. The molecule has 0 unspecified atom stereocenters. The number of pyridine rings is 1. The number of rotatable bonds is 6. The molecule has 0 fully saturated rings. The number of halogens is 4. The quantitative estimate of drug-likeness (QED) is 0.635. The minimum Gasteiger partial charge on any atom is -0.454 e. The molecule has 0 aliphatic carbocycles. The van der Waals surface area contributed by atoms with Gasteiger partial charge < -0.3 is 14.8 Å². The molecule has 1 aromatic carbocycles. The van der Waals surface area contributed by atoms with Crippen LogP contribution in [0.3, 0.4) is 0 Å². The molecule has 0 bridgehead atoms. The summed E-state index contributed by atoms with van der Waals surface area (Å²) in [5, 5.41) is 10.1. The number of benzene rings is 1. The number of aryl methyl sites for hydroxylation is 1. The number of fused-ring (bicyclic) bond motifs is 2. The van der Waals surface area contributed by atoms with Crippen LogP contribution in [-0.2, 0) is 23.8 Å². The molecule has 158 valence electrons. The zero-order valence-corrected chi connectivity index (χ0v) is 16.3. The van der Waals surface area contributed by atoms with E-state index in [-0.39, 0.29) is 48.6 Å². The topological polar surface area (TPSA) is 77.8 Å². The van der Waals surface area contributed by atoms with Gasteiger partial charge in [-0.1, -0.05) is 17.7 Å². The maximum absolute atomic E-state index is 13.2. The largest absolute Gasteiger partial charge is 0.454 e. The van der Waals surface area contributed by atoms with E-state index in [0.29, 0.717) is 17.9 Å². The molecule has 0 radical (unpaired) electrons. The summed E-state index contributed by atoms with van der Waals surface area (Å²) in [6.45, 7) is 0.390. The monoisotopic (exact) mass is 440 g/mol. The summed E-state index contributed by atoms with van der Waals surface area (Å²) in [6, 6.07) is 6.31. The SMILES string of the molecule is O=C(CCc1ccc2c(c1)OCO2)NCCc1nnc2c(C(F)(F)F)cc(Cl)cn12. The number of nitrogens with one attached hydrogen (secondary N) is 1. The van der Waals surface area contributed by atoms with E-state index in [1.807, 2.05) is 12.1 Å². The van der Waals surface area contributed by atoms with Gasteiger partial charge in [0.1, 0.15) is 11.4 Å². The molecule has 1 aliphatic heterocycles. The number of carbonyl (C=O) groups excluding carboxylic acids is 1. The Bertz CT molecular complexity index is 1100. The lowest BCUT2D eigenvalue weighted by atomic mass is 10.1. The van der Waals surface area contributed by atoms with Crippen molar-refractivity contribution in [3.63, 3.8) is 0 Å². The van der Waals surface area contributed by atoms with Crippen LogP contribution in [0.5, 0.6) is 11.5 Å². The molecule has 4 rings (SSSR count). The Kier molecular flexibility index (Phi) is 5.42. The van der Waals surface area contributed by atoms with Crippen LogP contribution in [0.4, 0.5) is 13.2 Å². The highest BCUT2D eigenvalue weighted by atomic mass is 35.5. The average molecular weight is 441 g/mol. The Hall–Kier alpha value is -3.01. The van der Waals surface area contributed by atoms with Crippen LogP contribution >= 0.6 is 11.6 Å². The minimum atomic E-state index is -4.60. The van der Waals surface area contributed by atoms with Crippen LogP contribution in [0.1, 0.15) is 23.4 Å². The van der Waals surface area contributed by atoms with E-state index in [1.165, 1.54) is 10.6 Å². The van der Waals surface area contributed by atoms with E-state index >= 15 is 0 Å². The predicted molar refractivity (Wildman–Crippen MR) is 101 cm³/mol. The van der Waals surface area contributed by atoms with Crippen LogP contribution in [0.25, 0.3) is 5.65 Å². The third-order valence-electron chi connectivity index (χ3n) is 4.60. The van der Waals surface area contributed by atoms with Gasteiger partial charge in [0.25, 0.3) is 0 Å². The second-order valence-electron chi connectivity index (χ2n) is 6.67. The highest BCUT2D eigenvalue weighted by Crippen LogP contribution is 2.34. The van der Waals surface area contributed by atoms with Crippen LogP contribution < -0.4 is 14.8 Å². The summed E-state index contributed by atoms with van der Waals surface area (Å²) in [7, 11) is 0. The highest BCUT2D eigenvalue weighted by molar-refractivity contribution is 6.30. The lowest BCUT2D eigenvalue weighted by Gasteiger charge is -2.09. The maximum atomic E-state index is 13.2. The van der Waals surface area contributed by atoms with Gasteiger partial charge in [-0.15, -0.1) is 10.2 Å². The van der Waals surface area contributed by atoms with Crippen molar-refractivity contribution in [2.75, 3.05) is 13.3 Å². The molecule has 0 saturated heterocycles. The van der Waals surface area contributed by atoms with Gasteiger partial charge in [-0.05, 0) is 30.2 Å². The van der Waals surface area contributed by atoms with E-state index in [4.69, 9.17) is 21.1 Å². The third kappa shape index (κ3) is 4.28. The van der Waals surface area contributed by atoms with E-state index in [9.17, 15) is 18.0 Å². The summed E-state index contributed by atoms with van der Waals surface area (Å²) in [5.41, 5.74) is -0.343. The van der Waals surface area contributed by atoms with Gasteiger partial charge in [0.05, 0.1) is 5.02 Å². The number of hydrogen-bond acceptors (Lipinski definition) is 5. The van der Waals surface area contributed by atoms with E-state index in [2.05, 4.69) is 15.5 Å². The van der Waals surface area contributed by atoms with Gasteiger partial charge in [-0.25, -0.2) is 0 Å². The van der Waals surface area contributed by atoms with Crippen molar-refractivity contribution in [1.29, 1.82) is 0 Å². The Morgan fingerprint density at radius 2 is 1.97 bits per heavy atom. The zero-order chi connectivity index (χ0) is 21.3. The summed E-state index contributed by atoms with van der Waals surface area (Å²) < 4.78 is 51.2. The number of amides is 1. The smallest absolute Gasteiger partial charge is 0.420 e. The first kappa shape index (κ1) is 20.3. The van der Waals surface area contributed by atoms with Gasteiger partial charge >= 0.3 is 6.18 Å². The molecular formula is C19H16ClF3N4O3. The molecule has 3 aromatic rings. The van der Waals surface area contributed by atoms with Gasteiger partial charge in [-0.3, -0.25) is 9.20 Å². The summed E-state index contributed by atoms with van der Waals surface area (Å²) >= 11 is 5.82. The van der Waals surface area contributed by atoms with Crippen LogP contribution in [-0.4, -0.2) is 33.8 Å². The van der Waals surface area contributed by atoms with Crippen LogP contribution in [0.15, 0.2) is 30.5 Å². The fourth-order valence-electron chi connectivity index (χ4n) is 3.14. The number of ether oxygens (including phenoxy) is 2. The number of alkyl halides is 3. The zero-order valence-electron chi connectivity index (χ0n) is 15.5. The Morgan fingerprint density at radius 3 is 2.77 bits per heavy atom. The van der Waals surface area contributed by atoms with Crippen LogP contribution in [0.2, 0.25) is 5.02 Å². The fourth-order valence-corrected chi connectivity index (χ4v) is 3.35. The molecule has 7 nitrogen and oxygen atoms in total. The molecule has 3 heterocycles.